The van der Waals surface area contributed by atoms with Gasteiger partial charge in [-0.3, -0.25) is 0 Å². The Kier molecular flexibility index (Phi) is 1.28. The molecule has 2 aromatic rings. The predicted octanol–water partition coefficient (Wildman–Crippen LogP) is 3.31. The van der Waals surface area contributed by atoms with E-state index in [1.54, 1.807) is 0 Å². The zero-order valence-corrected chi connectivity index (χ0v) is 8.18. The fourth-order valence-corrected chi connectivity index (χ4v) is 2.48. The van der Waals surface area contributed by atoms with Crippen molar-refractivity contribution in [3.05, 3.63) is 53.6 Å². The van der Waals surface area contributed by atoms with E-state index in [-0.39, 0.29) is 0 Å². The summed E-state index contributed by atoms with van der Waals surface area (Å²) in [6.45, 7) is 0. The zero-order valence-electron chi connectivity index (χ0n) is 8.18. The van der Waals surface area contributed by atoms with Gasteiger partial charge < -0.3 is 4.74 Å². The highest BCUT2D eigenvalue weighted by molar-refractivity contribution is 5.90. The summed E-state index contributed by atoms with van der Waals surface area (Å²) >= 11 is 0. The maximum atomic E-state index is 5.63. The zero-order chi connectivity index (χ0) is 9.83. The molecule has 72 valence electrons. The van der Waals surface area contributed by atoms with Crippen molar-refractivity contribution in [2.75, 3.05) is 0 Å². The lowest BCUT2D eigenvalue weighted by atomic mass is 9.92. The van der Waals surface area contributed by atoms with Crippen LogP contribution in [0.2, 0.25) is 0 Å². The summed E-state index contributed by atoms with van der Waals surface area (Å²) in [6.07, 6.45) is 4.98. The first kappa shape index (κ1) is 7.66. The molecule has 0 spiro atoms. The lowest BCUT2D eigenvalue weighted by Gasteiger charge is -2.10. The van der Waals surface area contributed by atoms with E-state index in [0.29, 0.717) is 12.2 Å². The van der Waals surface area contributed by atoms with E-state index in [1.807, 2.05) is 0 Å². The van der Waals surface area contributed by atoms with E-state index in [9.17, 15) is 0 Å². The first-order valence-electron chi connectivity index (χ1n) is 5.29. The van der Waals surface area contributed by atoms with Gasteiger partial charge in [-0.25, -0.2) is 0 Å². The Morgan fingerprint density at radius 1 is 1.00 bits per heavy atom. The largest absolute Gasteiger partial charge is 0.360 e. The van der Waals surface area contributed by atoms with Crippen LogP contribution in [0.4, 0.5) is 0 Å². The van der Waals surface area contributed by atoms with Gasteiger partial charge in [0.25, 0.3) is 0 Å². The second-order valence-electron chi connectivity index (χ2n) is 4.17. The van der Waals surface area contributed by atoms with Gasteiger partial charge in [0.05, 0.1) is 0 Å². The minimum atomic E-state index is 0.316. The SMILES string of the molecule is C1=CC2OC2c2c1ccc1ccccc21. The molecule has 1 aliphatic carbocycles. The van der Waals surface area contributed by atoms with Crippen LogP contribution in [0.1, 0.15) is 17.2 Å². The number of hydrogen-bond donors (Lipinski definition) is 0. The summed E-state index contributed by atoms with van der Waals surface area (Å²) in [7, 11) is 0. The Hall–Kier alpha value is -1.60. The predicted molar refractivity (Wildman–Crippen MR) is 60.6 cm³/mol. The van der Waals surface area contributed by atoms with E-state index in [1.165, 1.54) is 21.9 Å². The quantitative estimate of drug-likeness (QED) is 0.586. The van der Waals surface area contributed by atoms with Gasteiger partial charge in [0.2, 0.25) is 0 Å². The Morgan fingerprint density at radius 3 is 2.93 bits per heavy atom. The lowest BCUT2D eigenvalue weighted by molar-refractivity contribution is 0.396. The molecule has 0 aromatic heterocycles. The van der Waals surface area contributed by atoms with Gasteiger partial charge in [-0.2, -0.15) is 0 Å². The molecular weight excluding hydrogens is 184 g/mol. The molecule has 0 N–H and O–H groups in total. The molecule has 0 saturated carbocycles. The van der Waals surface area contributed by atoms with Crippen molar-refractivity contribution in [3.63, 3.8) is 0 Å². The van der Waals surface area contributed by atoms with E-state index in [4.69, 9.17) is 4.74 Å². The summed E-state index contributed by atoms with van der Waals surface area (Å²) in [5.41, 5.74) is 2.69. The Morgan fingerprint density at radius 2 is 1.93 bits per heavy atom. The first-order chi connectivity index (χ1) is 7.43. The van der Waals surface area contributed by atoms with Crippen LogP contribution in [0.3, 0.4) is 0 Å². The number of rotatable bonds is 0. The summed E-state index contributed by atoms with van der Waals surface area (Å²) in [4.78, 5) is 0. The molecule has 1 nitrogen and oxygen atoms in total. The third-order valence-corrected chi connectivity index (χ3v) is 3.28. The minimum Gasteiger partial charge on any atom is -0.360 e. The van der Waals surface area contributed by atoms with Crippen LogP contribution in [-0.4, -0.2) is 6.10 Å². The van der Waals surface area contributed by atoms with E-state index in [2.05, 4.69) is 48.6 Å². The molecule has 1 heterocycles. The van der Waals surface area contributed by atoms with E-state index >= 15 is 0 Å². The Labute approximate surface area is 88.0 Å². The van der Waals surface area contributed by atoms with Crippen LogP contribution in [0.25, 0.3) is 16.8 Å². The minimum absolute atomic E-state index is 0.316. The van der Waals surface area contributed by atoms with Gasteiger partial charge >= 0.3 is 0 Å². The number of ether oxygens (including phenoxy) is 1. The second kappa shape index (κ2) is 2.50. The van der Waals surface area contributed by atoms with Crippen LogP contribution >= 0.6 is 0 Å². The topological polar surface area (TPSA) is 12.5 Å². The van der Waals surface area contributed by atoms with Crippen molar-refractivity contribution >= 4 is 16.8 Å². The van der Waals surface area contributed by atoms with Crippen molar-refractivity contribution < 1.29 is 4.74 Å². The van der Waals surface area contributed by atoms with Crippen LogP contribution in [-0.2, 0) is 4.74 Å². The fourth-order valence-electron chi connectivity index (χ4n) is 2.48. The van der Waals surface area contributed by atoms with E-state index < -0.39 is 0 Å². The molecule has 2 atom stereocenters. The molecule has 2 aromatic carbocycles. The molecule has 2 aliphatic rings. The molecule has 15 heavy (non-hydrogen) atoms. The molecule has 0 bridgehead atoms. The van der Waals surface area contributed by atoms with Crippen molar-refractivity contribution in [1.29, 1.82) is 0 Å². The molecule has 1 heteroatoms. The second-order valence-corrected chi connectivity index (χ2v) is 4.17. The standard InChI is InChI=1S/C14H10O/c1-2-4-11-9(3-1)5-6-10-7-8-12-14(15-12)13(10)11/h1-8,12,14H. The Balaban J connectivity index is 2.15. The van der Waals surface area contributed by atoms with Gasteiger partial charge in [-0.15, -0.1) is 0 Å². The third kappa shape index (κ3) is 0.959. The van der Waals surface area contributed by atoms with Gasteiger partial charge in [-0.1, -0.05) is 48.6 Å². The van der Waals surface area contributed by atoms with Crippen molar-refractivity contribution in [2.45, 2.75) is 12.2 Å². The highest BCUT2D eigenvalue weighted by Crippen LogP contribution is 2.47. The molecule has 0 radical (unpaired) electrons. The number of fused-ring (bicyclic) bond motifs is 5. The van der Waals surface area contributed by atoms with Gasteiger partial charge in [0.1, 0.15) is 12.2 Å². The molecule has 4 rings (SSSR count). The van der Waals surface area contributed by atoms with Crippen LogP contribution in [0.5, 0.6) is 0 Å². The van der Waals surface area contributed by atoms with Crippen LogP contribution in [0.15, 0.2) is 42.5 Å². The van der Waals surface area contributed by atoms with Crippen molar-refractivity contribution in [3.8, 4) is 0 Å². The monoisotopic (exact) mass is 194 g/mol. The molecule has 1 fully saturated rings. The maximum Gasteiger partial charge on any atom is 0.114 e. The van der Waals surface area contributed by atoms with Crippen molar-refractivity contribution in [1.82, 2.24) is 0 Å². The summed E-state index contributed by atoms with van der Waals surface area (Å²) in [5.74, 6) is 0. The molecule has 2 unspecified atom stereocenters. The smallest absolute Gasteiger partial charge is 0.114 e. The van der Waals surface area contributed by atoms with E-state index in [0.717, 1.165) is 0 Å². The van der Waals surface area contributed by atoms with Crippen molar-refractivity contribution in [2.24, 2.45) is 0 Å². The Bertz CT molecular complexity index is 583. The summed E-state index contributed by atoms with van der Waals surface area (Å²) in [6, 6.07) is 12.9. The first-order valence-corrected chi connectivity index (χ1v) is 5.29. The maximum absolute atomic E-state index is 5.63. The highest BCUT2D eigenvalue weighted by atomic mass is 16.6. The molecule has 0 amide bonds. The van der Waals surface area contributed by atoms with Crippen LogP contribution < -0.4 is 0 Å². The van der Waals surface area contributed by atoms with Gasteiger partial charge in [-0.05, 0) is 21.9 Å². The highest BCUT2D eigenvalue weighted by Gasteiger charge is 2.42. The molecule has 1 saturated heterocycles. The average molecular weight is 194 g/mol. The number of epoxide rings is 1. The number of benzene rings is 2. The summed E-state index contributed by atoms with van der Waals surface area (Å²) in [5, 5.41) is 2.65. The van der Waals surface area contributed by atoms with Gasteiger partial charge in [0, 0.05) is 0 Å². The summed E-state index contributed by atoms with van der Waals surface area (Å²) < 4.78 is 5.63. The fraction of sp³-hybridized carbons (Fsp3) is 0.143. The van der Waals surface area contributed by atoms with Crippen LogP contribution in [0, 0.1) is 0 Å². The molecular formula is C14H10O. The third-order valence-electron chi connectivity index (χ3n) is 3.28. The normalized spacial score (nSPS) is 26.1. The number of hydrogen-bond acceptors (Lipinski definition) is 1. The average Bonchev–Trinajstić information content (AvgIpc) is 3.07. The molecule has 1 aliphatic heterocycles. The lowest BCUT2D eigenvalue weighted by Crippen LogP contribution is -1.96. The van der Waals surface area contributed by atoms with Gasteiger partial charge in [0.15, 0.2) is 0 Å².